The highest BCUT2D eigenvalue weighted by Crippen LogP contribution is 2.17. The normalized spacial score (nSPS) is 11.3. The molecule has 1 aromatic heterocycles. The molecule has 0 unspecified atom stereocenters. The second-order valence-corrected chi connectivity index (χ2v) is 6.27. The SMILES string of the molecule is CCNC(=NCc1ccccn1)NCCSc1ccc(C)cc1. The molecule has 0 spiro atoms. The summed E-state index contributed by atoms with van der Waals surface area (Å²) in [5.74, 6) is 1.83. The van der Waals surface area contributed by atoms with E-state index < -0.39 is 0 Å². The largest absolute Gasteiger partial charge is 0.357 e. The number of nitrogens with zero attached hydrogens (tertiary/aromatic N) is 2. The van der Waals surface area contributed by atoms with Crippen molar-refractivity contribution in [3.8, 4) is 0 Å². The molecule has 2 aromatic rings. The summed E-state index contributed by atoms with van der Waals surface area (Å²) in [6, 6.07) is 14.5. The summed E-state index contributed by atoms with van der Waals surface area (Å²) in [6.07, 6.45) is 1.80. The van der Waals surface area contributed by atoms with E-state index in [-0.39, 0.29) is 0 Å². The predicted molar refractivity (Wildman–Crippen MR) is 99.0 cm³/mol. The zero-order chi connectivity index (χ0) is 16.3. The van der Waals surface area contributed by atoms with Crippen LogP contribution in [0.2, 0.25) is 0 Å². The van der Waals surface area contributed by atoms with Crippen LogP contribution in [0.3, 0.4) is 0 Å². The van der Waals surface area contributed by atoms with Crippen LogP contribution in [0.4, 0.5) is 0 Å². The van der Waals surface area contributed by atoms with E-state index in [4.69, 9.17) is 0 Å². The molecule has 0 amide bonds. The average molecular weight is 328 g/mol. The third kappa shape index (κ3) is 6.74. The van der Waals surface area contributed by atoms with Gasteiger partial charge in [-0.25, -0.2) is 4.99 Å². The smallest absolute Gasteiger partial charge is 0.191 e. The van der Waals surface area contributed by atoms with Gasteiger partial charge in [0.25, 0.3) is 0 Å². The van der Waals surface area contributed by atoms with Gasteiger partial charge in [0.15, 0.2) is 5.96 Å². The molecule has 122 valence electrons. The fourth-order valence-electron chi connectivity index (χ4n) is 1.97. The Balaban J connectivity index is 1.76. The summed E-state index contributed by atoms with van der Waals surface area (Å²) < 4.78 is 0. The van der Waals surface area contributed by atoms with Crippen LogP contribution in [0.1, 0.15) is 18.2 Å². The van der Waals surface area contributed by atoms with E-state index in [0.29, 0.717) is 6.54 Å². The van der Waals surface area contributed by atoms with E-state index in [1.54, 1.807) is 6.20 Å². The molecule has 5 heteroatoms. The van der Waals surface area contributed by atoms with Crippen LogP contribution in [0.5, 0.6) is 0 Å². The molecule has 2 N–H and O–H groups in total. The first-order valence-electron chi connectivity index (χ1n) is 7.89. The Kier molecular flexibility index (Phi) is 7.46. The molecule has 0 aliphatic carbocycles. The molecule has 0 aliphatic rings. The molecular weight excluding hydrogens is 304 g/mol. The zero-order valence-electron chi connectivity index (χ0n) is 13.7. The molecule has 1 aromatic carbocycles. The van der Waals surface area contributed by atoms with E-state index in [9.17, 15) is 0 Å². The molecule has 0 fully saturated rings. The third-order valence-electron chi connectivity index (χ3n) is 3.15. The maximum absolute atomic E-state index is 4.56. The number of hydrogen-bond acceptors (Lipinski definition) is 3. The van der Waals surface area contributed by atoms with Crippen LogP contribution in [-0.2, 0) is 6.54 Å². The van der Waals surface area contributed by atoms with Gasteiger partial charge in [0.2, 0.25) is 0 Å². The lowest BCUT2D eigenvalue weighted by Gasteiger charge is -2.11. The molecular formula is C18H24N4S. The van der Waals surface area contributed by atoms with Gasteiger partial charge in [-0.3, -0.25) is 4.98 Å². The molecule has 0 aliphatic heterocycles. The van der Waals surface area contributed by atoms with Gasteiger partial charge < -0.3 is 10.6 Å². The van der Waals surface area contributed by atoms with Crippen molar-refractivity contribution in [2.24, 2.45) is 4.99 Å². The molecule has 1 heterocycles. The van der Waals surface area contributed by atoms with Crippen LogP contribution in [-0.4, -0.2) is 29.8 Å². The van der Waals surface area contributed by atoms with Gasteiger partial charge in [-0.2, -0.15) is 0 Å². The lowest BCUT2D eigenvalue weighted by atomic mass is 10.2. The first kappa shape index (κ1) is 17.3. The lowest BCUT2D eigenvalue weighted by Crippen LogP contribution is -2.38. The highest BCUT2D eigenvalue weighted by Gasteiger charge is 1.99. The minimum absolute atomic E-state index is 0.585. The Morgan fingerprint density at radius 1 is 1.13 bits per heavy atom. The minimum atomic E-state index is 0.585. The lowest BCUT2D eigenvalue weighted by molar-refractivity contribution is 0.837. The van der Waals surface area contributed by atoms with Crippen molar-refractivity contribution in [2.45, 2.75) is 25.3 Å². The number of nitrogens with one attached hydrogen (secondary N) is 2. The number of benzene rings is 1. The van der Waals surface area contributed by atoms with Crippen molar-refractivity contribution in [1.29, 1.82) is 0 Å². The second-order valence-electron chi connectivity index (χ2n) is 5.10. The monoisotopic (exact) mass is 328 g/mol. The Morgan fingerprint density at radius 3 is 2.65 bits per heavy atom. The van der Waals surface area contributed by atoms with E-state index in [0.717, 1.165) is 30.5 Å². The van der Waals surface area contributed by atoms with Crippen molar-refractivity contribution in [3.05, 3.63) is 59.9 Å². The van der Waals surface area contributed by atoms with Crippen LogP contribution in [0.15, 0.2) is 58.5 Å². The first-order chi connectivity index (χ1) is 11.3. The van der Waals surface area contributed by atoms with Gasteiger partial charge in [0.05, 0.1) is 12.2 Å². The summed E-state index contributed by atoms with van der Waals surface area (Å²) in [5, 5.41) is 6.62. The minimum Gasteiger partial charge on any atom is -0.357 e. The molecule has 4 nitrogen and oxygen atoms in total. The second kappa shape index (κ2) is 9.90. The summed E-state index contributed by atoms with van der Waals surface area (Å²) in [5.41, 5.74) is 2.27. The molecule has 0 saturated carbocycles. The van der Waals surface area contributed by atoms with Crippen LogP contribution < -0.4 is 10.6 Å². The predicted octanol–water partition coefficient (Wildman–Crippen LogP) is 3.24. The van der Waals surface area contributed by atoms with Crippen molar-refractivity contribution < 1.29 is 0 Å². The fraction of sp³-hybridized carbons (Fsp3) is 0.333. The molecule has 0 atom stereocenters. The summed E-state index contributed by atoms with van der Waals surface area (Å²) in [4.78, 5) is 10.1. The molecule has 2 rings (SSSR count). The molecule has 23 heavy (non-hydrogen) atoms. The number of aryl methyl sites for hydroxylation is 1. The van der Waals surface area contributed by atoms with E-state index in [1.807, 2.05) is 30.0 Å². The number of rotatable bonds is 7. The van der Waals surface area contributed by atoms with Gasteiger partial charge >= 0.3 is 0 Å². The van der Waals surface area contributed by atoms with Gasteiger partial charge in [-0.15, -0.1) is 11.8 Å². The highest BCUT2D eigenvalue weighted by molar-refractivity contribution is 7.99. The maximum atomic E-state index is 4.56. The van der Waals surface area contributed by atoms with Crippen molar-refractivity contribution in [1.82, 2.24) is 15.6 Å². The summed E-state index contributed by atoms with van der Waals surface area (Å²) in [7, 11) is 0. The van der Waals surface area contributed by atoms with Crippen molar-refractivity contribution in [2.75, 3.05) is 18.8 Å². The average Bonchev–Trinajstić information content (AvgIpc) is 2.59. The maximum Gasteiger partial charge on any atom is 0.191 e. The van der Waals surface area contributed by atoms with Crippen LogP contribution in [0.25, 0.3) is 0 Å². The Hall–Kier alpha value is -2.01. The Bertz CT molecular complexity index is 596. The Labute approximate surface area is 142 Å². The van der Waals surface area contributed by atoms with E-state index in [2.05, 4.69) is 58.7 Å². The number of pyridine rings is 1. The zero-order valence-corrected chi connectivity index (χ0v) is 14.6. The fourth-order valence-corrected chi connectivity index (χ4v) is 2.73. The number of aliphatic imine (C=N–C) groups is 1. The van der Waals surface area contributed by atoms with E-state index in [1.165, 1.54) is 10.5 Å². The standard InChI is InChI=1S/C18H24N4S/c1-3-19-18(22-14-16-6-4-5-11-20-16)21-12-13-23-17-9-7-15(2)8-10-17/h4-11H,3,12-14H2,1-2H3,(H2,19,21,22). The van der Waals surface area contributed by atoms with E-state index >= 15 is 0 Å². The molecule has 0 bridgehead atoms. The number of hydrogen-bond donors (Lipinski definition) is 2. The summed E-state index contributed by atoms with van der Waals surface area (Å²) in [6.45, 7) is 6.48. The van der Waals surface area contributed by atoms with Crippen LogP contribution in [0, 0.1) is 6.92 Å². The quantitative estimate of drug-likeness (QED) is 0.355. The van der Waals surface area contributed by atoms with Gasteiger partial charge in [0, 0.05) is 29.9 Å². The van der Waals surface area contributed by atoms with Gasteiger partial charge in [-0.1, -0.05) is 23.8 Å². The topological polar surface area (TPSA) is 49.3 Å². The third-order valence-corrected chi connectivity index (χ3v) is 4.17. The number of thioether (sulfide) groups is 1. The van der Waals surface area contributed by atoms with Crippen LogP contribution >= 0.6 is 11.8 Å². The molecule has 0 radical (unpaired) electrons. The van der Waals surface area contributed by atoms with Gasteiger partial charge in [0.1, 0.15) is 0 Å². The van der Waals surface area contributed by atoms with Crippen molar-refractivity contribution >= 4 is 17.7 Å². The summed E-state index contributed by atoms with van der Waals surface area (Å²) >= 11 is 1.85. The number of guanidine groups is 1. The highest BCUT2D eigenvalue weighted by atomic mass is 32.2. The Morgan fingerprint density at radius 2 is 1.96 bits per heavy atom. The first-order valence-corrected chi connectivity index (χ1v) is 8.88. The molecule has 0 saturated heterocycles. The van der Waals surface area contributed by atoms with Crippen molar-refractivity contribution in [3.63, 3.8) is 0 Å². The number of aromatic nitrogens is 1. The van der Waals surface area contributed by atoms with Gasteiger partial charge in [-0.05, 0) is 38.1 Å².